The van der Waals surface area contributed by atoms with E-state index in [4.69, 9.17) is 34.8 Å². The summed E-state index contributed by atoms with van der Waals surface area (Å²) in [6, 6.07) is 7.68. The summed E-state index contributed by atoms with van der Waals surface area (Å²) >= 11 is 23.3. The molecule has 0 fully saturated rings. The zero-order valence-electron chi connectivity index (χ0n) is 8.81. The highest BCUT2D eigenvalue weighted by molar-refractivity contribution is 9.10. The number of aryl methyl sites for hydroxylation is 1. The van der Waals surface area contributed by atoms with E-state index in [1.807, 2.05) is 31.2 Å². The van der Waals surface area contributed by atoms with Gasteiger partial charge in [-0.25, -0.2) is 0 Å². The van der Waals surface area contributed by atoms with Crippen LogP contribution in [0.3, 0.4) is 0 Å². The molecule has 1 aromatic heterocycles. The van der Waals surface area contributed by atoms with Crippen LogP contribution >= 0.6 is 62.1 Å². The second-order valence-electron chi connectivity index (χ2n) is 3.63. The molecule has 2 aromatic rings. The summed E-state index contributed by atoms with van der Waals surface area (Å²) in [4.78, 5) is 1.01. The van der Waals surface area contributed by atoms with Gasteiger partial charge in [0.15, 0.2) is 0 Å². The summed E-state index contributed by atoms with van der Waals surface area (Å²) in [6.07, 6.45) is 0. The Kier molecular flexibility index (Phi) is 4.43. The Bertz CT molecular complexity index is 531. The van der Waals surface area contributed by atoms with E-state index in [9.17, 15) is 0 Å². The van der Waals surface area contributed by atoms with Gasteiger partial charge in [0.1, 0.15) is 4.34 Å². The van der Waals surface area contributed by atoms with Crippen LogP contribution in [0.1, 0.15) is 21.4 Å². The maximum absolute atomic E-state index is 6.47. The molecule has 0 bridgehead atoms. The second-order valence-corrected chi connectivity index (χ2v) is 7.05. The Morgan fingerprint density at radius 2 is 1.94 bits per heavy atom. The smallest absolute Gasteiger partial charge is 0.107 e. The van der Waals surface area contributed by atoms with E-state index in [0.29, 0.717) is 9.36 Å². The molecule has 1 heterocycles. The third-order valence-electron chi connectivity index (χ3n) is 2.43. The van der Waals surface area contributed by atoms with Crippen LogP contribution in [0.5, 0.6) is 0 Å². The molecule has 0 saturated heterocycles. The lowest BCUT2D eigenvalue weighted by Crippen LogP contribution is -1.93. The Balaban J connectivity index is 2.42. The molecular weight excluding hydrogens is 362 g/mol. The number of thiophene rings is 1. The van der Waals surface area contributed by atoms with Gasteiger partial charge in [0.05, 0.1) is 5.38 Å². The van der Waals surface area contributed by atoms with Crippen LogP contribution in [0, 0.1) is 6.92 Å². The molecular formula is C12H8BrCl3S. The maximum Gasteiger partial charge on any atom is 0.107 e. The van der Waals surface area contributed by atoms with Crippen LogP contribution in [0.4, 0.5) is 0 Å². The Morgan fingerprint density at radius 1 is 1.24 bits per heavy atom. The highest BCUT2D eigenvalue weighted by Gasteiger charge is 2.17. The first kappa shape index (κ1) is 13.7. The van der Waals surface area contributed by atoms with E-state index < -0.39 is 0 Å². The lowest BCUT2D eigenvalue weighted by atomic mass is 10.0. The van der Waals surface area contributed by atoms with E-state index in [1.54, 1.807) is 0 Å². The lowest BCUT2D eigenvalue weighted by molar-refractivity contribution is 1.14. The predicted octanol–water partition coefficient (Wildman–Crippen LogP) is 6.45. The van der Waals surface area contributed by atoms with Crippen molar-refractivity contribution in [3.05, 3.63) is 54.1 Å². The van der Waals surface area contributed by atoms with Gasteiger partial charge in [0.25, 0.3) is 0 Å². The zero-order valence-corrected chi connectivity index (χ0v) is 13.5. The number of hydrogen-bond donors (Lipinski definition) is 0. The molecule has 17 heavy (non-hydrogen) atoms. The monoisotopic (exact) mass is 368 g/mol. The molecule has 1 aromatic carbocycles. The molecule has 0 spiro atoms. The van der Waals surface area contributed by atoms with Gasteiger partial charge >= 0.3 is 0 Å². The SMILES string of the molecule is Cc1ccc(Cl)cc1C(Cl)c1cc(Br)c(Cl)s1. The van der Waals surface area contributed by atoms with Crippen LogP contribution < -0.4 is 0 Å². The van der Waals surface area contributed by atoms with Crippen LogP contribution in [0.2, 0.25) is 9.36 Å². The third kappa shape index (κ3) is 2.99. The molecule has 0 amide bonds. The Morgan fingerprint density at radius 3 is 2.53 bits per heavy atom. The topological polar surface area (TPSA) is 0 Å². The molecule has 2 rings (SSSR count). The highest BCUT2D eigenvalue weighted by atomic mass is 79.9. The van der Waals surface area contributed by atoms with Gasteiger partial charge in [-0.2, -0.15) is 0 Å². The average Bonchev–Trinajstić information content (AvgIpc) is 2.62. The third-order valence-corrected chi connectivity index (χ3v) is 5.80. The van der Waals surface area contributed by atoms with Gasteiger partial charge in [-0.05, 0) is 52.2 Å². The second kappa shape index (κ2) is 5.50. The number of hydrogen-bond acceptors (Lipinski definition) is 1. The minimum atomic E-state index is -0.220. The standard InChI is InChI=1S/C12H8BrCl3S/c1-6-2-3-7(14)4-8(6)11(15)10-5-9(13)12(16)17-10/h2-5,11H,1H3. The summed E-state index contributed by atoms with van der Waals surface area (Å²) in [6.45, 7) is 2.02. The quantitative estimate of drug-likeness (QED) is 0.533. The molecule has 0 nitrogen and oxygen atoms in total. The largest absolute Gasteiger partial charge is 0.125 e. The summed E-state index contributed by atoms with van der Waals surface area (Å²) in [5.74, 6) is 0. The van der Waals surface area contributed by atoms with Gasteiger partial charge in [0.2, 0.25) is 0 Å². The summed E-state index contributed by atoms with van der Waals surface area (Å²) in [5, 5.41) is 0.473. The fraction of sp³-hybridized carbons (Fsp3) is 0.167. The molecule has 0 N–H and O–H groups in total. The fourth-order valence-corrected chi connectivity index (χ4v) is 3.87. The zero-order chi connectivity index (χ0) is 12.6. The Hall–Kier alpha value is 0.270. The van der Waals surface area contributed by atoms with Gasteiger partial charge in [-0.1, -0.05) is 29.3 Å². The molecule has 0 aliphatic rings. The van der Waals surface area contributed by atoms with Crippen molar-refractivity contribution < 1.29 is 0 Å². The Labute approximate surface area is 128 Å². The van der Waals surface area contributed by atoms with Gasteiger partial charge in [0, 0.05) is 14.4 Å². The van der Waals surface area contributed by atoms with Crippen LogP contribution in [-0.4, -0.2) is 0 Å². The number of rotatable bonds is 2. The molecule has 1 unspecified atom stereocenters. The molecule has 1 atom stereocenters. The predicted molar refractivity (Wildman–Crippen MR) is 80.9 cm³/mol. The van der Waals surface area contributed by atoms with Crippen molar-refractivity contribution in [2.24, 2.45) is 0 Å². The van der Waals surface area contributed by atoms with E-state index in [2.05, 4.69) is 15.9 Å². The van der Waals surface area contributed by atoms with Crippen molar-refractivity contribution in [2.75, 3.05) is 0 Å². The summed E-state index contributed by atoms with van der Waals surface area (Å²) < 4.78 is 1.59. The molecule has 0 aliphatic heterocycles. The molecule has 0 radical (unpaired) electrons. The lowest BCUT2D eigenvalue weighted by Gasteiger charge is -2.11. The average molecular weight is 371 g/mol. The van der Waals surface area contributed by atoms with Crippen molar-refractivity contribution in [3.63, 3.8) is 0 Å². The van der Waals surface area contributed by atoms with Gasteiger partial charge in [-0.15, -0.1) is 22.9 Å². The minimum Gasteiger partial charge on any atom is -0.125 e. The fourth-order valence-electron chi connectivity index (χ4n) is 1.53. The van der Waals surface area contributed by atoms with Crippen molar-refractivity contribution >= 4 is 62.1 Å². The van der Waals surface area contributed by atoms with E-state index in [1.165, 1.54) is 11.3 Å². The van der Waals surface area contributed by atoms with Gasteiger partial charge in [-0.3, -0.25) is 0 Å². The first-order valence-electron chi connectivity index (χ1n) is 4.84. The molecule has 5 heteroatoms. The van der Waals surface area contributed by atoms with Crippen LogP contribution in [0.15, 0.2) is 28.7 Å². The molecule has 0 saturated carbocycles. The first-order chi connectivity index (χ1) is 7.99. The number of halogens is 4. The summed E-state index contributed by atoms with van der Waals surface area (Å²) in [7, 11) is 0. The molecule has 0 aliphatic carbocycles. The summed E-state index contributed by atoms with van der Waals surface area (Å²) in [5.41, 5.74) is 2.14. The number of alkyl halides is 1. The van der Waals surface area contributed by atoms with Crippen molar-refractivity contribution in [1.82, 2.24) is 0 Å². The molecule has 90 valence electrons. The van der Waals surface area contributed by atoms with Crippen molar-refractivity contribution in [1.29, 1.82) is 0 Å². The van der Waals surface area contributed by atoms with E-state index in [-0.39, 0.29) is 5.38 Å². The van der Waals surface area contributed by atoms with Gasteiger partial charge < -0.3 is 0 Å². The normalized spacial score (nSPS) is 12.8. The number of benzene rings is 1. The van der Waals surface area contributed by atoms with E-state index in [0.717, 1.165) is 20.5 Å². The van der Waals surface area contributed by atoms with E-state index >= 15 is 0 Å². The minimum absolute atomic E-state index is 0.220. The van der Waals surface area contributed by atoms with Crippen molar-refractivity contribution in [3.8, 4) is 0 Å². The highest BCUT2D eigenvalue weighted by Crippen LogP contribution is 2.41. The van der Waals surface area contributed by atoms with Crippen molar-refractivity contribution in [2.45, 2.75) is 12.3 Å². The van der Waals surface area contributed by atoms with Crippen LogP contribution in [-0.2, 0) is 0 Å². The van der Waals surface area contributed by atoms with Crippen LogP contribution in [0.25, 0.3) is 0 Å². The maximum atomic E-state index is 6.47. The first-order valence-corrected chi connectivity index (χ1v) is 7.64.